The van der Waals surface area contributed by atoms with E-state index < -0.39 is 11.7 Å². The Labute approximate surface area is 257 Å². The lowest BCUT2D eigenvalue weighted by atomic mass is 9.77. The highest BCUT2D eigenvalue weighted by Gasteiger charge is 2.54. The molecule has 3 aliphatic heterocycles. The number of methoxy groups -OCH3 is 1. The van der Waals surface area contributed by atoms with Crippen molar-refractivity contribution in [3.05, 3.63) is 113 Å². The first kappa shape index (κ1) is 30.9. The van der Waals surface area contributed by atoms with Crippen molar-refractivity contribution in [2.75, 3.05) is 44.0 Å². The molecule has 0 aromatic heterocycles. The molecule has 3 atom stereocenters. The number of nitrogens with one attached hydrogen (secondary N) is 2. The molecule has 0 radical (unpaired) electrons. The van der Waals surface area contributed by atoms with Crippen LogP contribution in [-0.4, -0.2) is 62.1 Å². The molecule has 9 nitrogen and oxygen atoms in total. The Hall–Kier alpha value is -4.53. The van der Waals surface area contributed by atoms with Crippen LogP contribution in [0.4, 0.5) is 11.4 Å². The summed E-state index contributed by atoms with van der Waals surface area (Å²) in [7, 11) is 1.63. The first-order chi connectivity index (χ1) is 21.5. The zero-order valence-electron chi connectivity index (χ0n) is 25.0. The van der Waals surface area contributed by atoms with Gasteiger partial charge in [-0.05, 0) is 65.6 Å². The fourth-order valence-corrected chi connectivity index (χ4v) is 6.14. The zero-order valence-corrected chi connectivity index (χ0v) is 25.0. The summed E-state index contributed by atoms with van der Waals surface area (Å²) in [5, 5.41) is 6.84. The summed E-state index contributed by atoms with van der Waals surface area (Å²) in [4.78, 5) is 32.3. The number of nitrogens with zero attached hydrogens (tertiary/aromatic N) is 1. The van der Waals surface area contributed by atoms with Crippen LogP contribution < -0.4 is 15.4 Å². The molecule has 2 N–H and O–H groups in total. The van der Waals surface area contributed by atoms with Gasteiger partial charge in [0.2, 0.25) is 0 Å². The van der Waals surface area contributed by atoms with Gasteiger partial charge in [-0.15, -0.1) is 0 Å². The Morgan fingerprint density at radius 2 is 1.68 bits per heavy atom. The molecular formula is C35H37N3O6. The quantitative estimate of drug-likeness (QED) is 0.310. The average Bonchev–Trinajstić information content (AvgIpc) is 3.64. The predicted molar refractivity (Wildman–Crippen MR) is 166 cm³/mol. The third-order valence-electron chi connectivity index (χ3n) is 8.20. The molecule has 3 aromatic rings. The standard InChI is InChI=1S/C34H37N3O4.CO2/c1-3-29-31(33(38)36-27-13-15-28(39-2)16-14-27)30-17-18-34(29,41-30)32(35-26-7-5-4-6-8-26)25-11-9-24(10-12-25)23-37-19-21-40-22-20-37;2-1-3/h4-18,30,32,35H,3,19-23H2,1-2H3,(H,36,38);. The Morgan fingerprint density at radius 1 is 1.00 bits per heavy atom. The van der Waals surface area contributed by atoms with Gasteiger partial charge in [-0.2, -0.15) is 9.59 Å². The first-order valence-electron chi connectivity index (χ1n) is 14.8. The molecule has 0 aliphatic carbocycles. The number of benzene rings is 3. The van der Waals surface area contributed by atoms with Crippen molar-refractivity contribution >= 4 is 23.4 Å². The molecule has 3 heterocycles. The van der Waals surface area contributed by atoms with Crippen LogP contribution in [0.25, 0.3) is 0 Å². The fourth-order valence-electron chi connectivity index (χ4n) is 6.14. The number of para-hydroxylation sites is 1. The Bertz CT molecular complexity index is 1510. The minimum Gasteiger partial charge on any atom is -0.497 e. The summed E-state index contributed by atoms with van der Waals surface area (Å²) in [6, 6.07) is 26.1. The number of amides is 1. The smallest absolute Gasteiger partial charge is 0.373 e. The van der Waals surface area contributed by atoms with Crippen LogP contribution >= 0.6 is 0 Å². The summed E-state index contributed by atoms with van der Waals surface area (Å²) in [6.07, 6.45) is 4.70. The van der Waals surface area contributed by atoms with E-state index in [2.05, 4.69) is 64.9 Å². The molecule has 1 saturated heterocycles. The number of anilines is 2. The van der Waals surface area contributed by atoms with Gasteiger partial charge in [-0.3, -0.25) is 9.69 Å². The molecule has 228 valence electrons. The van der Waals surface area contributed by atoms with Crippen molar-refractivity contribution in [2.45, 2.75) is 37.6 Å². The second kappa shape index (κ2) is 14.3. The first-order valence-corrected chi connectivity index (χ1v) is 14.8. The van der Waals surface area contributed by atoms with Crippen molar-refractivity contribution in [1.29, 1.82) is 0 Å². The van der Waals surface area contributed by atoms with Gasteiger partial charge in [0.05, 0.1) is 31.9 Å². The van der Waals surface area contributed by atoms with Crippen LogP contribution in [0.5, 0.6) is 5.75 Å². The molecular weight excluding hydrogens is 558 g/mol. The van der Waals surface area contributed by atoms with Crippen LogP contribution in [0.1, 0.15) is 30.5 Å². The summed E-state index contributed by atoms with van der Waals surface area (Å²) >= 11 is 0. The van der Waals surface area contributed by atoms with Crippen molar-refractivity contribution < 1.29 is 28.6 Å². The van der Waals surface area contributed by atoms with E-state index >= 15 is 0 Å². The monoisotopic (exact) mass is 595 g/mol. The molecule has 2 bridgehead atoms. The lowest BCUT2D eigenvalue weighted by molar-refractivity contribution is -0.191. The number of ether oxygens (including phenoxy) is 3. The number of rotatable bonds is 10. The molecule has 44 heavy (non-hydrogen) atoms. The second-order valence-electron chi connectivity index (χ2n) is 10.8. The highest BCUT2D eigenvalue weighted by Crippen LogP contribution is 2.52. The zero-order chi connectivity index (χ0) is 30.9. The van der Waals surface area contributed by atoms with Crippen LogP contribution in [0, 0.1) is 0 Å². The number of hydrogen-bond donors (Lipinski definition) is 2. The molecule has 3 aliphatic rings. The number of morpholine rings is 1. The summed E-state index contributed by atoms with van der Waals surface area (Å²) in [5.41, 5.74) is 4.99. The Kier molecular flexibility index (Phi) is 10.0. The topological polar surface area (TPSA) is 106 Å². The van der Waals surface area contributed by atoms with Gasteiger partial charge in [0.25, 0.3) is 5.91 Å². The van der Waals surface area contributed by atoms with Crippen molar-refractivity contribution in [1.82, 2.24) is 4.90 Å². The molecule has 3 unspecified atom stereocenters. The van der Waals surface area contributed by atoms with Gasteiger partial charge < -0.3 is 24.8 Å². The molecule has 9 heteroatoms. The van der Waals surface area contributed by atoms with Gasteiger partial charge in [0.15, 0.2) is 0 Å². The minimum absolute atomic E-state index is 0.137. The highest BCUT2D eigenvalue weighted by atomic mass is 16.5. The van der Waals surface area contributed by atoms with Crippen LogP contribution in [0.2, 0.25) is 0 Å². The van der Waals surface area contributed by atoms with Crippen LogP contribution in [0.15, 0.2) is 102 Å². The number of fused-ring (bicyclic) bond motifs is 2. The molecule has 1 amide bonds. The summed E-state index contributed by atoms with van der Waals surface area (Å²) in [5.74, 6) is 0.606. The Balaban J connectivity index is 0.00000123. The van der Waals surface area contributed by atoms with E-state index in [-0.39, 0.29) is 18.1 Å². The normalized spacial score (nSPS) is 21.2. The van der Waals surface area contributed by atoms with E-state index in [1.54, 1.807) is 7.11 Å². The Morgan fingerprint density at radius 3 is 2.32 bits per heavy atom. The van der Waals surface area contributed by atoms with E-state index in [1.165, 1.54) is 5.56 Å². The highest BCUT2D eigenvalue weighted by molar-refractivity contribution is 6.06. The van der Waals surface area contributed by atoms with E-state index in [1.807, 2.05) is 48.5 Å². The van der Waals surface area contributed by atoms with Gasteiger partial charge in [0.1, 0.15) is 17.5 Å². The predicted octanol–water partition coefficient (Wildman–Crippen LogP) is 5.15. The number of hydrogen-bond acceptors (Lipinski definition) is 8. The SMILES string of the molecule is CCC1=C(C(=O)Nc2ccc(OC)cc2)C2C=CC1(C(Nc1ccccc1)c1ccc(CN3CCOCC3)cc1)O2.O=C=O. The molecule has 3 aromatic carbocycles. The van der Waals surface area contributed by atoms with E-state index in [0.29, 0.717) is 12.0 Å². The summed E-state index contributed by atoms with van der Waals surface area (Å²) in [6.45, 7) is 6.48. The van der Waals surface area contributed by atoms with Crippen LogP contribution in [0.3, 0.4) is 0 Å². The van der Waals surface area contributed by atoms with E-state index in [4.69, 9.17) is 23.8 Å². The summed E-state index contributed by atoms with van der Waals surface area (Å²) < 4.78 is 17.5. The number of carbonyl (C=O) groups is 1. The maximum Gasteiger partial charge on any atom is 0.373 e. The minimum atomic E-state index is -0.784. The third-order valence-corrected chi connectivity index (χ3v) is 8.20. The van der Waals surface area contributed by atoms with Gasteiger partial charge in [-0.1, -0.05) is 55.5 Å². The molecule has 6 rings (SSSR count). The van der Waals surface area contributed by atoms with E-state index in [0.717, 1.165) is 61.1 Å². The van der Waals surface area contributed by atoms with Crippen LogP contribution in [-0.2, 0) is 30.4 Å². The van der Waals surface area contributed by atoms with Gasteiger partial charge >= 0.3 is 6.15 Å². The molecule has 0 saturated carbocycles. The lowest BCUT2D eigenvalue weighted by Crippen LogP contribution is -2.40. The maximum atomic E-state index is 13.7. The van der Waals surface area contributed by atoms with Crippen molar-refractivity contribution in [3.8, 4) is 5.75 Å². The second-order valence-corrected chi connectivity index (χ2v) is 10.8. The maximum absolute atomic E-state index is 13.7. The van der Waals surface area contributed by atoms with E-state index in [9.17, 15) is 4.79 Å². The van der Waals surface area contributed by atoms with Crippen molar-refractivity contribution in [2.24, 2.45) is 0 Å². The largest absolute Gasteiger partial charge is 0.497 e. The average molecular weight is 596 g/mol. The third kappa shape index (κ3) is 6.67. The van der Waals surface area contributed by atoms with Gasteiger partial charge in [-0.25, -0.2) is 0 Å². The lowest BCUT2D eigenvalue weighted by Gasteiger charge is -2.37. The number of carbonyl (C=O) groups excluding carboxylic acids is 3. The van der Waals surface area contributed by atoms with Gasteiger partial charge in [0, 0.05) is 31.0 Å². The molecule has 0 spiro atoms. The molecule has 1 fully saturated rings. The van der Waals surface area contributed by atoms with Crippen molar-refractivity contribution in [3.63, 3.8) is 0 Å². The fraction of sp³-hybridized carbons (Fsp3) is 0.314.